The number of thiazole rings is 1. The lowest BCUT2D eigenvalue weighted by Gasteiger charge is -2.14. The number of nitrogens with zero attached hydrogens (tertiary/aromatic N) is 1. The minimum atomic E-state index is -0.398. The molecule has 3 rings (SSSR count). The maximum Gasteiger partial charge on any atom is 0.269 e. The Labute approximate surface area is 181 Å². The lowest BCUT2D eigenvalue weighted by atomic mass is 10.1. The molecule has 0 aliphatic rings. The fourth-order valence-electron chi connectivity index (χ4n) is 2.55. The van der Waals surface area contributed by atoms with Crippen molar-refractivity contribution in [1.82, 2.24) is 10.4 Å². The number of benzene rings is 2. The van der Waals surface area contributed by atoms with E-state index in [1.807, 2.05) is 5.38 Å². The largest absolute Gasteiger partial charge is 0.493 e. The van der Waals surface area contributed by atoms with Crippen molar-refractivity contribution in [2.45, 2.75) is 0 Å². The standard InChI is InChI=1S/C19H17Cl2N3O4S/c1-26-15-6-10(7-16(27-2)17(15)28-3)18(25)23-24-19-22-14(9-29-19)12-5-4-11(20)8-13(12)21/h4-9H,1-3H3,(H,22,24)(H,23,25). The topological polar surface area (TPSA) is 81.7 Å². The number of anilines is 1. The van der Waals surface area contributed by atoms with E-state index in [1.54, 1.807) is 30.3 Å². The van der Waals surface area contributed by atoms with Crippen LogP contribution in [0, 0.1) is 0 Å². The molecule has 0 spiro atoms. The maximum absolute atomic E-state index is 12.5. The Morgan fingerprint density at radius 3 is 2.31 bits per heavy atom. The summed E-state index contributed by atoms with van der Waals surface area (Å²) in [5.74, 6) is 0.770. The minimum Gasteiger partial charge on any atom is -0.493 e. The van der Waals surface area contributed by atoms with Crippen molar-refractivity contribution in [3.05, 3.63) is 51.3 Å². The molecule has 0 unspecified atom stereocenters. The molecular weight excluding hydrogens is 437 g/mol. The Morgan fingerprint density at radius 2 is 1.72 bits per heavy atom. The molecule has 0 atom stereocenters. The van der Waals surface area contributed by atoms with E-state index in [1.165, 1.54) is 32.7 Å². The van der Waals surface area contributed by atoms with Crippen LogP contribution in [0.15, 0.2) is 35.7 Å². The molecule has 0 fully saturated rings. The number of halogens is 2. The zero-order valence-corrected chi connectivity index (χ0v) is 18.0. The number of methoxy groups -OCH3 is 3. The van der Waals surface area contributed by atoms with Crippen molar-refractivity contribution in [3.63, 3.8) is 0 Å². The first-order chi connectivity index (χ1) is 14.0. The second kappa shape index (κ2) is 9.21. The average molecular weight is 454 g/mol. The van der Waals surface area contributed by atoms with Crippen LogP contribution in [0.5, 0.6) is 17.2 Å². The molecule has 0 radical (unpaired) electrons. The summed E-state index contributed by atoms with van der Waals surface area (Å²) >= 11 is 13.5. The van der Waals surface area contributed by atoms with E-state index in [-0.39, 0.29) is 0 Å². The Bertz CT molecular complexity index is 1020. The van der Waals surface area contributed by atoms with Gasteiger partial charge in [-0.1, -0.05) is 23.2 Å². The summed E-state index contributed by atoms with van der Waals surface area (Å²) in [5, 5.41) is 3.36. The molecule has 29 heavy (non-hydrogen) atoms. The molecule has 0 aliphatic heterocycles. The highest BCUT2D eigenvalue weighted by Crippen LogP contribution is 2.38. The molecule has 10 heteroatoms. The van der Waals surface area contributed by atoms with Crippen molar-refractivity contribution in [3.8, 4) is 28.5 Å². The Morgan fingerprint density at radius 1 is 1.03 bits per heavy atom. The van der Waals surface area contributed by atoms with Crippen LogP contribution in [0.3, 0.4) is 0 Å². The normalized spacial score (nSPS) is 10.4. The number of hydrogen-bond acceptors (Lipinski definition) is 7. The SMILES string of the molecule is COc1cc(C(=O)NNc2nc(-c3ccc(Cl)cc3Cl)cs2)cc(OC)c1OC. The third kappa shape index (κ3) is 4.67. The average Bonchev–Trinajstić information content (AvgIpc) is 3.19. The molecule has 7 nitrogen and oxygen atoms in total. The lowest BCUT2D eigenvalue weighted by Crippen LogP contribution is -2.29. The van der Waals surface area contributed by atoms with Crippen molar-refractivity contribution in [2.24, 2.45) is 0 Å². The minimum absolute atomic E-state index is 0.324. The summed E-state index contributed by atoms with van der Waals surface area (Å²) < 4.78 is 15.8. The number of hydrogen-bond donors (Lipinski definition) is 2. The number of aromatic nitrogens is 1. The first-order valence-corrected chi connectivity index (χ1v) is 9.87. The van der Waals surface area contributed by atoms with E-state index >= 15 is 0 Å². The van der Waals surface area contributed by atoms with Gasteiger partial charge in [0.05, 0.1) is 32.0 Å². The van der Waals surface area contributed by atoms with Gasteiger partial charge in [-0.3, -0.25) is 15.6 Å². The molecular formula is C19H17Cl2N3O4S. The van der Waals surface area contributed by atoms with Gasteiger partial charge in [0.15, 0.2) is 11.5 Å². The zero-order valence-electron chi connectivity index (χ0n) is 15.7. The highest BCUT2D eigenvalue weighted by Gasteiger charge is 2.17. The summed E-state index contributed by atoms with van der Waals surface area (Å²) in [6, 6.07) is 8.29. The van der Waals surface area contributed by atoms with Crippen LogP contribution in [-0.4, -0.2) is 32.2 Å². The number of ether oxygens (including phenoxy) is 3. The van der Waals surface area contributed by atoms with Crippen LogP contribution in [0.25, 0.3) is 11.3 Å². The van der Waals surface area contributed by atoms with Crippen molar-refractivity contribution in [2.75, 3.05) is 26.8 Å². The fraction of sp³-hybridized carbons (Fsp3) is 0.158. The Hall–Kier alpha value is -2.68. The van der Waals surface area contributed by atoms with Gasteiger partial charge >= 0.3 is 0 Å². The number of rotatable bonds is 7. The van der Waals surface area contributed by atoms with Gasteiger partial charge in [0.2, 0.25) is 10.9 Å². The first-order valence-electron chi connectivity index (χ1n) is 8.24. The number of carbonyl (C=O) groups is 1. The monoisotopic (exact) mass is 453 g/mol. The van der Waals surface area contributed by atoms with Gasteiger partial charge < -0.3 is 14.2 Å². The van der Waals surface area contributed by atoms with Crippen LogP contribution in [0.1, 0.15) is 10.4 Å². The van der Waals surface area contributed by atoms with Gasteiger partial charge in [-0.15, -0.1) is 11.3 Å². The van der Waals surface area contributed by atoms with E-state index in [9.17, 15) is 4.79 Å². The molecule has 0 bridgehead atoms. The molecule has 1 heterocycles. The third-order valence-corrected chi connectivity index (χ3v) is 5.23. The first kappa shape index (κ1) is 21.0. The van der Waals surface area contributed by atoms with Gasteiger partial charge in [-0.25, -0.2) is 4.98 Å². The molecule has 0 saturated carbocycles. The molecule has 1 amide bonds. The summed E-state index contributed by atoms with van der Waals surface area (Å²) in [7, 11) is 4.46. The van der Waals surface area contributed by atoms with Crippen LogP contribution in [0.2, 0.25) is 10.0 Å². The van der Waals surface area contributed by atoms with Crippen molar-refractivity contribution in [1.29, 1.82) is 0 Å². The van der Waals surface area contributed by atoms with Crippen LogP contribution in [0.4, 0.5) is 5.13 Å². The maximum atomic E-state index is 12.5. The van der Waals surface area contributed by atoms with Crippen molar-refractivity contribution < 1.29 is 19.0 Å². The number of hydrazine groups is 1. The van der Waals surface area contributed by atoms with E-state index in [0.29, 0.717) is 43.7 Å². The van der Waals surface area contributed by atoms with Gasteiger partial charge in [-0.2, -0.15) is 0 Å². The summed E-state index contributed by atoms with van der Waals surface area (Å²) in [4.78, 5) is 17.0. The lowest BCUT2D eigenvalue weighted by molar-refractivity contribution is 0.0962. The van der Waals surface area contributed by atoms with Gasteiger partial charge in [0, 0.05) is 21.5 Å². The van der Waals surface area contributed by atoms with Gasteiger partial charge in [0.1, 0.15) is 0 Å². The molecule has 2 N–H and O–H groups in total. The van der Waals surface area contributed by atoms with E-state index in [2.05, 4.69) is 15.8 Å². The van der Waals surface area contributed by atoms with Gasteiger partial charge in [-0.05, 0) is 30.3 Å². The Kier molecular flexibility index (Phi) is 6.68. The predicted octanol–water partition coefficient (Wildman–Crippen LogP) is 4.90. The zero-order chi connectivity index (χ0) is 21.0. The molecule has 0 saturated heterocycles. The van der Waals surface area contributed by atoms with E-state index in [0.717, 1.165) is 5.56 Å². The summed E-state index contributed by atoms with van der Waals surface area (Å²) in [6.45, 7) is 0. The highest BCUT2D eigenvalue weighted by molar-refractivity contribution is 7.14. The number of nitrogens with one attached hydrogen (secondary N) is 2. The number of amides is 1. The second-order valence-electron chi connectivity index (χ2n) is 5.66. The van der Waals surface area contributed by atoms with Crippen LogP contribution < -0.4 is 25.1 Å². The van der Waals surface area contributed by atoms with E-state index < -0.39 is 5.91 Å². The smallest absolute Gasteiger partial charge is 0.269 e. The fourth-order valence-corrected chi connectivity index (χ4v) is 3.72. The highest BCUT2D eigenvalue weighted by atomic mass is 35.5. The third-order valence-electron chi connectivity index (χ3n) is 3.92. The van der Waals surface area contributed by atoms with Crippen LogP contribution in [-0.2, 0) is 0 Å². The second-order valence-corrected chi connectivity index (χ2v) is 7.36. The Balaban J connectivity index is 1.74. The van der Waals surface area contributed by atoms with Crippen LogP contribution >= 0.6 is 34.5 Å². The summed E-state index contributed by atoms with van der Waals surface area (Å²) in [6.07, 6.45) is 0. The molecule has 152 valence electrons. The van der Waals surface area contributed by atoms with Crippen molar-refractivity contribution >= 4 is 45.6 Å². The molecule has 3 aromatic rings. The molecule has 2 aromatic carbocycles. The summed E-state index contributed by atoms with van der Waals surface area (Å²) in [5.41, 5.74) is 7.13. The number of carbonyl (C=O) groups excluding carboxylic acids is 1. The molecule has 1 aromatic heterocycles. The van der Waals surface area contributed by atoms with E-state index in [4.69, 9.17) is 37.4 Å². The molecule has 0 aliphatic carbocycles. The van der Waals surface area contributed by atoms with Gasteiger partial charge in [0.25, 0.3) is 5.91 Å². The quantitative estimate of drug-likeness (QED) is 0.495. The predicted molar refractivity (Wildman–Crippen MR) is 115 cm³/mol.